The first-order chi connectivity index (χ1) is 12.0. The van der Waals surface area contributed by atoms with E-state index < -0.39 is 0 Å². The first-order valence-corrected chi connectivity index (χ1v) is 9.30. The first kappa shape index (κ1) is 17.9. The minimum Gasteiger partial charge on any atom is -0.377 e. The summed E-state index contributed by atoms with van der Waals surface area (Å²) in [5, 5.41) is 5.34. The second-order valence-corrected chi connectivity index (χ2v) is 6.87. The summed E-state index contributed by atoms with van der Waals surface area (Å²) in [5.41, 5.74) is 2.35. The number of carbonyl (C=O) groups is 1. The van der Waals surface area contributed by atoms with Gasteiger partial charge in [-0.15, -0.1) is 0 Å². The van der Waals surface area contributed by atoms with E-state index in [0.717, 1.165) is 42.5 Å². The Labute approximate surface area is 149 Å². The number of rotatable bonds is 5. The van der Waals surface area contributed by atoms with Crippen LogP contribution < -0.4 is 0 Å². The van der Waals surface area contributed by atoms with Crippen LogP contribution in [0.25, 0.3) is 11.0 Å². The third-order valence-corrected chi connectivity index (χ3v) is 5.00. The standard InChI is InChI=1S/C19H28N4O2/c1-5-14(4)23-18-17(11-20-23)16(10-13(3)21-18)19(24)22-9-7-8-15(12-22)25-6-2/h10-11,14-15H,5-9,12H2,1-4H3/t14-,15-/m0/s1. The number of aryl methyl sites for hydroxylation is 1. The zero-order valence-electron chi connectivity index (χ0n) is 15.7. The fourth-order valence-electron chi connectivity index (χ4n) is 3.48. The van der Waals surface area contributed by atoms with Crippen LogP contribution in [0.15, 0.2) is 12.3 Å². The summed E-state index contributed by atoms with van der Waals surface area (Å²) in [7, 11) is 0. The Morgan fingerprint density at radius 1 is 1.44 bits per heavy atom. The van der Waals surface area contributed by atoms with Crippen molar-refractivity contribution in [3.05, 3.63) is 23.5 Å². The lowest BCUT2D eigenvalue weighted by molar-refractivity contribution is 0.00731. The van der Waals surface area contributed by atoms with Crippen molar-refractivity contribution in [2.24, 2.45) is 0 Å². The maximum absolute atomic E-state index is 13.2. The zero-order chi connectivity index (χ0) is 18.0. The van der Waals surface area contributed by atoms with Gasteiger partial charge in [0.05, 0.1) is 29.3 Å². The molecule has 1 aliphatic rings. The van der Waals surface area contributed by atoms with Crippen molar-refractivity contribution in [3.8, 4) is 0 Å². The number of hydrogen-bond acceptors (Lipinski definition) is 4. The van der Waals surface area contributed by atoms with Gasteiger partial charge in [-0.3, -0.25) is 4.79 Å². The molecule has 0 radical (unpaired) electrons. The molecule has 25 heavy (non-hydrogen) atoms. The van der Waals surface area contributed by atoms with Crippen molar-refractivity contribution in [2.75, 3.05) is 19.7 Å². The molecule has 6 nitrogen and oxygen atoms in total. The van der Waals surface area contributed by atoms with E-state index in [0.29, 0.717) is 18.7 Å². The van der Waals surface area contributed by atoms with Gasteiger partial charge in [-0.1, -0.05) is 6.92 Å². The summed E-state index contributed by atoms with van der Waals surface area (Å²) in [5.74, 6) is 0.0589. The van der Waals surface area contributed by atoms with Gasteiger partial charge < -0.3 is 9.64 Å². The van der Waals surface area contributed by atoms with Crippen molar-refractivity contribution < 1.29 is 9.53 Å². The number of pyridine rings is 1. The van der Waals surface area contributed by atoms with E-state index in [1.165, 1.54) is 0 Å². The predicted octanol–water partition coefficient (Wildman–Crippen LogP) is 3.35. The number of amides is 1. The van der Waals surface area contributed by atoms with Gasteiger partial charge in [0.25, 0.3) is 5.91 Å². The van der Waals surface area contributed by atoms with E-state index >= 15 is 0 Å². The van der Waals surface area contributed by atoms with Crippen LogP contribution >= 0.6 is 0 Å². The van der Waals surface area contributed by atoms with Crippen LogP contribution in [0.5, 0.6) is 0 Å². The van der Waals surface area contributed by atoms with Crippen LogP contribution in [0.2, 0.25) is 0 Å². The topological polar surface area (TPSA) is 60.2 Å². The quantitative estimate of drug-likeness (QED) is 0.834. The summed E-state index contributed by atoms with van der Waals surface area (Å²) in [6.07, 6.45) is 4.90. The fourth-order valence-corrected chi connectivity index (χ4v) is 3.48. The smallest absolute Gasteiger partial charge is 0.254 e. The number of likely N-dealkylation sites (tertiary alicyclic amines) is 1. The Balaban J connectivity index is 1.95. The molecule has 6 heteroatoms. The molecule has 0 spiro atoms. The Hall–Kier alpha value is -1.95. The second-order valence-electron chi connectivity index (χ2n) is 6.87. The Kier molecular flexibility index (Phi) is 5.37. The lowest BCUT2D eigenvalue weighted by Crippen LogP contribution is -2.43. The van der Waals surface area contributed by atoms with Crippen LogP contribution in [0.1, 0.15) is 62.1 Å². The van der Waals surface area contributed by atoms with E-state index in [2.05, 4.69) is 23.9 Å². The van der Waals surface area contributed by atoms with E-state index in [1.807, 2.05) is 29.5 Å². The summed E-state index contributed by atoms with van der Waals surface area (Å²) in [6, 6.07) is 2.14. The fraction of sp³-hybridized carbons (Fsp3) is 0.632. The van der Waals surface area contributed by atoms with Crippen molar-refractivity contribution in [2.45, 2.75) is 59.1 Å². The molecule has 1 amide bonds. The Bertz CT molecular complexity index is 753. The van der Waals surface area contributed by atoms with Crippen LogP contribution in [-0.4, -0.2) is 51.4 Å². The van der Waals surface area contributed by atoms with Gasteiger partial charge in [0, 0.05) is 25.4 Å². The molecule has 0 bridgehead atoms. The lowest BCUT2D eigenvalue weighted by Gasteiger charge is -2.32. The van der Waals surface area contributed by atoms with Crippen LogP contribution in [0.4, 0.5) is 0 Å². The van der Waals surface area contributed by atoms with Crippen molar-refractivity contribution in [1.82, 2.24) is 19.7 Å². The first-order valence-electron chi connectivity index (χ1n) is 9.30. The monoisotopic (exact) mass is 344 g/mol. The Morgan fingerprint density at radius 2 is 2.24 bits per heavy atom. The Morgan fingerprint density at radius 3 is 2.96 bits per heavy atom. The largest absolute Gasteiger partial charge is 0.377 e. The molecule has 2 aromatic rings. The van der Waals surface area contributed by atoms with Gasteiger partial charge in [0.1, 0.15) is 0 Å². The minimum absolute atomic E-state index is 0.0589. The molecule has 0 aromatic carbocycles. The highest BCUT2D eigenvalue weighted by Crippen LogP contribution is 2.25. The average Bonchev–Trinajstić information content (AvgIpc) is 3.04. The lowest BCUT2D eigenvalue weighted by atomic mass is 10.1. The number of aromatic nitrogens is 3. The molecule has 0 N–H and O–H groups in total. The van der Waals surface area contributed by atoms with E-state index in [9.17, 15) is 4.79 Å². The van der Waals surface area contributed by atoms with Gasteiger partial charge in [-0.2, -0.15) is 5.10 Å². The van der Waals surface area contributed by atoms with E-state index in [1.54, 1.807) is 6.20 Å². The SMILES string of the molecule is CCO[C@H]1CCCN(C(=O)c2cc(C)nc3c2cnn3[C@@H](C)CC)C1. The highest BCUT2D eigenvalue weighted by atomic mass is 16.5. The zero-order valence-corrected chi connectivity index (χ0v) is 15.7. The number of fused-ring (bicyclic) bond motifs is 1. The molecule has 2 aromatic heterocycles. The molecule has 1 fully saturated rings. The molecule has 0 unspecified atom stereocenters. The molecule has 0 aliphatic carbocycles. The normalized spacial score (nSPS) is 19.4. The summed E-state index contributed by atoms with van der Waals surface area (Å²) in [6.45, 7) is 10.3. The highest BCUT2D eigenvalue weighted by molar-refractivity contribution is 6.05. The third kappa shape index (κ3) is 3.54. The van der Waals surface area contributed by atoms with Crippen LogP contribution in [0, 0.1) is 6.92 Å². The number of hydrogen-bond donors (Lipinski definition) is 0. The van der Waals surface area contributed by atoms with Crippen LogP contribution in [-0.2, 0) is 4.74 Å². The summed E-state index contributed by atoms with van der Waals surface area (Å²) < 4.78 is 7.67. The number of ether oxygens (including phenoxy) is 1. The van der Waals surface area contributed by atoms with Crippen LogP contribution in [0.3, 0.4) is 0 Å². The van der Waals surface area contributed by atoms with E-state index in [-0.39, 0.29) is 18.1 Å². The van der Waals surface area contributed by atoms with Crippen molar-refractivity contribution in [3.63, 3.8) is 0 Å². The molecule has 1 saturated heterocycles. The van der Waals surface area contributed by atoms with Gasteiger partial charge in [-0.05, 0) is 46.1 Å². The van der Waals surface area contributed by atoms with Gasteiger partial charge >= 0.3 is 0 Å². The summed E-state index contributed by atoms with van der Waals surface area (Å²) in [4.78, 5) is 19.7. The molecular formula is C19H28N4O2. The molecule has 0 saturated carbocycles. The van der Waals surface area contributed by atoms with E-state index in [4.69, 9.17) is 4.74 Å². The predicted molar refractivity (Wildman–Crippen MR) is 97.8 cm³/mol. The number of piperidine rings is 1. The molecular weight excluding hydrogens is 316 g/mol. The highest BCUT2D eigenvalue weighted by Gasteiger charge is 2.27. The molecule has 3 heterocycles. The molecule has 3 rings (SSSR count). The van der Waals surface area contributed by atoms with Crippen molar-refractivity contribution in [1.29, 1.82) is 0 Å². The third-order valence-electron chi connectivity index (χ3n) is 5.00. The number of nitrogens with zero attached hydrogens (tertiary/aromatic N) is 4. The maximum atomic E-state index is 13.2. The second kappa shape index (κ2) is 7.52. The van der Waals surface area contributed by atoms with Gasteiger partial charge in [0.2, 0.25) is 0 Å². The molecule has 136 valence electrons. The molecule has 2 atom stereocenters. The average molecular weight is 344 g/mol. The minimum atomic E-state index is 0.0589. The van der Waals surface area contributed by atoms with Gasteiger partial charge in [0.15, 0.2) is 5.65 Å². The number of carbonyl (C=O) groups excluding carboxylic acids is 1. The van der Waals surface area contributed by atoms with Crippen molar-refractivity contribution >= 4 is 16.9 Å². The molecule has 1 aliphatic heterocycles. The maximum Gasteiger partial charge on any atom is 0.254 e. The summed E-state index contributed by atoms with van der Waals surface area (Å²) >= 11 is 0. The van der Waals surface area contributed by atoms with Gasteiger partial charge in [-0.25, -0.2) is 9.67 Å².